The van der Waals surface area contributed by atoms with E-state index in [-0.39, 0.29) is 5.69 Å². The van der Waals surface area contributed by atoms with E-state index in [2.05, 4.69) is 23.5 Å². The van der Waals surface area contributed by atoms with Crippen LogP contribution in [0.5, 0.6) is 0 Å². The molecule has 1 atom stereocenters. The van der Waals surface area contributed by atoms with E-state index in [9.17, 15) is 4.79 Å². The van der Waals surface area contributed by atoms with Gasteiger partial charge in [0.2, 0.25) is 0 Å². The molecule has 15 heavy (non-hydrogen) atoms. The Morgan fingerprint density at radius 1 is 1.73 bits per heavy atom. The highest BCUT2D eigenvalue weighted by atomic mass is 32.2. The first kappa shape index (κ1) is 11.8. The topological polar surface area (TPSA) is 68.0 Å². The molecule has 0 spiro atoms. The third kappa shape index (κ3) is 3.79. The minimum Gasteiger partial charge on any atom is -0.382 e. The molecule has 0 radical (unpaired) electrons. The summed E-state index contributed by atoms with van der Waals surface area (Å²) in [6.07, 6.45) is 3.63. The molecule has 5 heteroatoms. The Bertz CT molecular complexity index is 343. The van der Waals surface area contributed by atoms with Crippen LogP contribution in [0.15, 0.2) is 18.3 Å². The highest BCUT2D eigenvalue weighted by molar-refractivity contribution is 7.98. The van der Waals surface area contributed by atoms with Gasteiger partial charge in [-0.1, -0.05) is 0 Å². The molecule has 0 saturated carbocycles. The van der Waals surface area contributed by atoms with E-state index in [0.29, 0.717) is 6.04 Å². The molecule has 1 aromatic heterocycles. The molecular weight excluding hydrogens is 210 g/mol. The molecular formula is C10H15N3OS. The van der Waals surface area contributed by atoms with Crippen LogP contribution >= 0.6 is 11.8 Å². The number of nitrogens with one attached hydrogen (secondary N) is 1. The third-order valence-electron chi connectivity index (χ3n) is 1.84. The fourth-order valence-corrected chi connectivity index (χ4v) is 1.81. The van der Waals surface area contributed by atoms with Crippen molar-refractivity contribution in [2.24, 2.45) is 5.73 Å². The molecule has 3 N–H and O–H groups in total. The molecule has 0 aliphatic heterocycles. The van der Waals surface area contributed by atoms with Crippen LogP contribution in [0.1, 0.15) is 17.4 Å². The van der Waals surface area contributed by atoms with Gasteiger partial charge < -0.3 is 11.1 Å². The lowest BCUT2D eigenvalue weighted by molar-refractivity contribution is 0.0995. The highest BCUT2D eigenvalue weighted by Gasteiger charge is 2.05. The van der Waals surface area contributed by atoms with Gasteiger partial charge in [0.25, 0.3) is 5.91 Å². The summed E-state index contributed by atoms with van der Waals surface area (Å²) in [4.78, 5) is 14.8. The average Bonchev–Trinajstić information content (AvgIpc) is 2.18. The van der Waals surface area contributed by atoms with E-state index in [4.69, 9.17) is 5.73 Å². The second-order valence-electron chi connectivity index (χ2n) is 3.29. The Labute approximate surface area is 93.7 Å². The van der Waals surface area contributed by atoms with Crippen molar-refractivity contribution in [3.8, 4) is 0 Å². The number of primary amides is 1. The number of carbonyl (C=O) groups is 1. The standard InChI is InChI=1S/C10H15N3OS/c1-7(6-15-2)13-8-3-4-12-9(5-8)10(11)14/h3-5,7H,6H2,1-2H3,(H2,11,14)(H,12,13). The van der Waals surface area contributed by atoms with Crippen LogP contribution in [0.25, 0.3) is 0 Å². The number of nitrogens with two attached hydrogens (primary N) is 1. The summed E-state index contributed by atoms with van der Waals surface area (Å²) in [6.45, 7) is 2.08. The molecule has 0 saturated heterocycles. The Morgan fingerprint density at radius 3 is 3.07 bits per heavy atom. The van der Waals surface area contributed by atoms with Crippen LogP contribution in [0.4, 0.5) is 5.69 Å². The molecule has 1 amide bonds. The molecule has 0 fully saturated rings. The summed E-state index contributed by atoms with van der Waals surface area (Å²) >= 11 is 1.77. The Balaban J connectivity index is 2.69. The summed E-state index contributed by atoms with van der Waals surface area (Å²) in [5, 5.41) is 3.27. The second kappa shape index (κ2) is 5.60. The number of aromatic nitrogens is 1. The maximum Gasteiger partial charge on any atom is 0.267 e. The Morgan fingerprint density at radius 2 is 2.47 bits per heavy atom. The van der Waals surface area contributed by atoms with Gasteiger partial charge in [0, 0.05) is 23.7 Å². The summed E-state index contributed by atoms with van der Waals surface area (Å²) in [7, 11) is 0. The molecule has 1 heterocycles. The number of hydrogen-bond acceptors (Lipinski definition) is 4. The molecule has 1 aromatic rings. The largest absolute Gasteiger partial charge is 0.382 e. The van der Waals surface area contributed by atoms with E-state index in [1.54, 1.807) is 24.0 Å². The number of thioether (sulfide) groups is 1. The number of amides is 1. The smallest absolute Gasteiger partial charge is 0.267 e. The zero-order chi connectivity index (χ0) is 11.3. The number of carbonyl (C=O) groups excluding carboxylic acids is 1. The minimum atomic E-state index is -0.504. The van der Waals surface area contributed by atoms with Crippen molar-refractivity contribution in [3.05, 3.63) is 24.0 Å². The van der Waals surface area contributed by atoms with Crippen LogP contribution < -0.4 is 11.1 Å². The lowest BCUT2D eigenvalue weighted by atomic mass is 10.3. The van der Waals surface area contributed by atoms with Gasteiger partial charge in [-0.3, -0.25) is 9.78 Å². The van der Waals surface area contributed by atoms with Crippen LogP contribution in [-0.4, -0.2) is 28.9 Å². The maximum absolute atomic E-state index is 10.9. The minimum absolute atomic E-state index is 0.288. The fraction of sp³-hybridized carbons (Fsp3) is 0.400. The van der Waals surface area contributed by atoms with Crippen molar-refractivity contribution < 1.29 is 4.79 Å². The predicted molar refractivity (Wildman–Crippen MR) is 64.2 cm³/mol. The molecule has 4 nitrogen and oxygen atoms in total. The number of hydrogen-bond donors (Lipinski definition) is 2. The van der Waals surface area contributed by atoms with E-state index >= 15 is 0 Å². The first-order valence-corrected chi connectivity index (χ1v) is 6.04. The normalized spacial score (nSPS) is 12.1. The van der Waals surface area contributed by atoms with Gasteiger partial charge in [0.15, 0.2) is 0 Å². The Hall–Kier alpha value is -1.23. The number of pyridine rings is 1. The van der Waals surface area contributed by atoms with E-state index in [0.717, 1.165) is 11.4 Å². The summed E-state index contributed by atoms with van der Waals surface area (Å²) < 4.78 is 0. The van der Waals surface area contributed by atoms with Gasteiger partial charge >= 0.3 is 0 Å². The molecule has 1 rings (SSSR count). The van der Waals surface area contributed by atoms with Crippen LogP contribution in [0, 0.1) is 0 Å². The van der Waals surface area contributed by atoms with Gasteiger partial charge in [-0.15, -0.1) is 0 Å². The van der Waals surface area contributed by atoms with Gasteiger partial charge in [-0.05, 0) is 25.3 Å². The lowest BCUT2D eigenvalue weighted by Gasteiger charge is -2.13. The van der Waals surface area contributed by atoms with Crippen molar-refractivity contribution in [1.82, 2.24) is 4.98 Å². The first-order chi connectivity index (χ1) is 7.13. The molecule has 0 bridgehead atoms. The van der Waals surface area contributed by atoms with Crippen LogP contribution in [0.2, 0.25) is 0 Å². The molecule has 82 valence electrons. The van der Waals surface area contributed by atoms with Crippen molar-refractivity contribution >= 4 is 23.4 Å². The quantitative estimate of drug-likeness (QED) is 0.793. The lowest BCUT2D eigenvalue weighted by Crippen LogP contribution is -2.19. The monoisotopic (exact) mass is 225 g/mol. The summed E-state index contributed by atoms with van der Waals surface area (Å²) in [5.74, 6) is 0.505. The second-order valence-corrected chi connectivity index (χ2v) is 4.21. The average molecular weight is 225 g/mol. The Kier molecular flexibility index (Phi) is 4.42. The van der Waals surface area contributed by atoms with Gasteiger partial charge in [0.1, 0.15) is 5.69 Å². The third-order valence-corrected chi connectivity index (χ3v) is 2.68. The number of rotatable bonds is 5. The molecule has 0 aliphatic rings. The molecule has 1 unspecified atom stereocenters. The zero-order valence-electron chi connectivity index (χ0n) is 8.86. The highest BCUT2D eigenvalue weighted by Crippen LogP contribution is 2.10. The maximum atomic E-state index is 10.9. The predicted octanol–water partition coefficient (Wildman–Crippen LogP) is 1.34. The summed E-state index contributed by atoms with van der Waals surface area (Å²) in [6, 6.07) is 3.84. The number of nitrogens with zero attached hydrogens (tertiary/aromatic N) is 1. The van der Waals surface area contributed by atoms with Gasteiger partial charge in [-0.25, -0.2) is 0 Å². The van der Waals surface area contributed by atoms with Gasteiger partial charge in [0.05, 0.1) is 0 Å². The van der Waals surface area contributed by atoms with Crippen LogP contribution in [-0.2, 0) is 0 Å². The number of anilines is 1. The SMILES string of the molecule is CSCC(C)Nc1ccnc(C(N)=O)c1. The van der Waals surface area contributed by atoms with Crippen molar-refractivity contribution in [2.45, 2.75) is 13.0 Å². The van der Waals surface area contributed by atoms with Crippen molar-refractivity contribution in [1.29, 1.82) is 0 Å². The molecule has 0 aliphatic carbocycles. The van der Waals surface area contributed by atoms with Gasteiger partial charge in [-0.2, -0.15) is 11.8 Å². The summed E-state index contributed by atoms with van der Waals surface area (Å²) in [5.41, 5.74) is 6.30. The fourth-order valence-electron chi connectivity index (χ4n) is 1.23. The zero-order valence-corrected chi connectivity index (χ0v) is 9.67. The van der Waals surface area contributed by atoms with Crippen molar-refractivity contribution in [3.63, 3.8) is 0 Å². The first-order valence-electron chi connectivity index (χ1n) is 4.65. The van der Waals surface area contributed by atoms with Crippen LogP contribution in [0.3, 0.4) is 0 Å². The molecule has 0 aromatic carbocycles. The van der Waals surface area contributed by atoms with E-state index < -0.39 is 5.91 Å². The van der Waals surface area contributed by atoms with E-state index in [1.807, 2.05) is 6.07 Å². The van der Waals surface area contributed by atoms with Crippen molar-refractivity contribution in [2.75, 3.05) is 17.3 Å². The van der Waals surface area contributed by atoms with E-state index in [1.165, 1.54) is 0 Å².